The second kappa shape index (κ2) is 4.76. The quantitative estimate of drug-likeness (QED) is 0.776. The van der Waals surface area contributed by atoms with Gasteiger partial charge in [0.2, 0.25) is 5.88 Å². The third-order valence-electron chi connectivity index (χ3n) is 4.36. The Hall–Kier alpha value is -1.58. The molecule has 0 saturated heterocycles. The number of rotatable bonds is 2. The van der Waals surface area contributed by atoms with E-state index in [0.29, 0.717) is 11.4 Å². The van der Waals surface area contributed by atoms with E-state index in [-0.39, 0.29) is 12.1 Å². The summed E-state index contributed by atoms with van der Waals surface area (Å²) in [6.07, 6.45) is 6.28. The van der Waals surface area contributed by atoms with Gasteiger partial charge >= 0.3 is 5.97 Å². The zero-order chi connectivity index (χ0) is 14.3. The fraction of sp³-hybridized carbons (Fsp3) is 0.625. The zero-order valence-electron chi connectivity index (χ0n) is 12.3. The fourth-order valence-electron chi connectivity index (χ4n) is 3.07. The van der Waals surface area contributed by atoms with Gasteiger partial charge in [0.05, 0.1) is 0 Å². The normalized spacial score (nSPS) is 27.9. The summed E-state index contributed by atoms with van der Waals surface area (Å²) in [6.45, 7) is 6.06. The SMILES string of the molecule is CC1CCC(Oc2nccc3c2C(=O)OC3(C)C)CC1. The molecule has 4 nitrogen and oxygen atoms in total. The Morgan fingerprint density at radius 2 is 2.00 bits per heavy atom. The lowest BCUT2D eigenvalue weighted by Gasteiger charge is -2.26. The maximum Gasteiger partial charge on any atom is 0.344 e. The lowest BCUT2D eigenvalue weighted by Crippen LogP contribution is -2.24. The van der Waals surface area contributed by atoms with E-state index in [2.05, 4.69) is 11.9 Å². The smallest absolute Gasteiger partial charge is 0.344 e. The summed E-state index contributed by atoms with van der Waals surface area (Å²) < 4.78 is 11.4. The highest BCUT2D eigenvalue weighted by atomic mass is 16.6. The van der Waals surface area contributed by atoms with Gasteiger partial charge in [0, 0.05) is 11.8 Å². The highest BCUT2D eigenvalue weighted by Crippen LogP contribution is 2.40. The van der Waals surface area contributed by atoms with Crippen LogP contribution in [0.25, 0.3) is 0 Å². The van der Waals surface area contributed by atoms with E-state index in [1.807, 2.05) is 19.9 Å². The third kappa shape index (κ3) is 2.28. The predicted octanol–water partition coefficient (Wildman–Crippen LogP) is 3.44. The van der Waals surface area contributed by atoms with Crippen molar-refractivity contribution in [3.05, 3.63) is 23.4 Å². The van der Waals surface area contributed by atoms with Gasteiger partial charge in [0.1, 0.15) is 17.3 Å². The van der Waals surface area contributed by atoms with E-state index >= 15 is 0 Å². The number of hydrogen-bond acceptors (Lipinski definition) is 4. The van der Waals surface area contributed by atoms with Crippen LogP contribution in [0.2, 0.25) is 0 Å². The first kappa shape index (κ1) is 13.4. The molecule has 2 aliphatic rings. The van der Waals surface area contributed by atoms with E-state index in [0.717, 1.165) is 24.3 Å². The molecule has 2 heterocycles. The molecule has 3 rings (SSSR count). The standard InChI is InChI=1S/C16H21NO3/c1-10-4-6-11(7-5-10)19-14-13-12(8-9-17-14)16(2,3)20-15(13)18/h8-11H,4-7H2,1-3H3. The Bertz CT molecular complexity index is 531. The van der Waals surface area contributed by atoms with Crippen molar-refractivity contribution in [3.8, 4) is 5.88 Å². The molecule has 1 aromatic rings. The summed E-state index contributed by atoms with van der Waals surface area (Å²) in [6, 6.07) is 1.84. The first-order valence-electron chi connectivity index (χ1n) is 7.37. The van der Waals surface area contributed by atoms with E-state index in [1.54, 1.807) is 6.20 Å². The average Bonchev–Trinajstić information content (AvgIpc) is 2.64. The number of nitrogens with zero attached hydrogens (tertiary/aromatic N) is 1. The lowest BCUT2D eigenvalue weighted by atomic mass is 9.89. The van der Waals surface area contributed by atoms with Crippen LogP contribution < -0.4 is 4.74 Å². The van der Waals surface area contributed by atoms with Gasteiger partial charge in [-0.25, -0.2) is 9.78 Å². The number of fused-ring (bicyclic) bond motifs is 1. The molecular formula is C16H21NO3. The van der Waals surface area contributed by atoms with E-state index in [9.17, 15) is 4.79 Å². The Morgan fingerprint density at radius 1 is 1.30 bits per heavy atom. The van der Waals surface area contributed by atoms with Gasteiger partial charge in [0.25, 0.3) is 0 Å². The zero-order valence-corrected chi connectivity index (χ0v) is 12.3. The largest absolute Gasteiger partial charge is 0.474 e. The third-order valence-corrected chi connectivity index (χ3v) is 4.36. The molecule has 4 heteroatoms. The van der Waals surface area contributed by atoms with Crippen molar-refractivity contribution in [2.75, 3.05) is 0 Å². The minimum Gasteiger partial charge on any atom is -0.474 e. The molecule has 1 fully saturated rings. The molecule has 20 heavy (non-hydrogen) atoms. The molecule has 0 spiro atoms. The molecule has 0 aromatic carbocycles. The Labute approximate surface area is 119 Å². The number of aromatic nitrogens is 1. The molecule has 0 radical (unpaired) electrons. The van der Waals surface area contributed by atoms with Crippen LogP contribution in [0.15, 0.2) is 12.3 Å². The van der Waals surface area contributed by atoms with Gasteiger partial charge in [-0.2, -0.15) is 0 Å². The molecule has 0 amide bonds. The first-order valence-corrected chi connectivity index (χ1v) is 7.37. The van der Waals surface area contributed by atoms with Crippen LogP contribution in [0.5, 0.6) is 5.88 Å². The Kier molecular flexibility index (Phi) is 3.19. The monoisotopic (exact) mass is 275 g/mol. The molecule has 0 atom stereocenters. The fourth-order valence-corrected chi connectivity index (χ4v) is 3.07. The highest BCUT2D eigenvalue weighted by molar-refractivity contribution is 5.96. The van der Waals surface area contributed by atoms with Gasteiger partial charge in [-0.05, 0) is 51.5 Å². The van der Waals surface area contributed by atoms with Crippen molar-refractivity contribution in [1.29, 1.82) is 0 Å². The van der Waals surface area contributed by atoms with Gasteiger partial charge in [-0.15, -0.1) is 0 Å². The summed E-state index contributed by atoms with van der Waals surface area (Å²) in [4.78, 5) is 16.3. The van der Waals surface area contributed by atoms with E-state index in [4.69, 9.17) is 9.47 Å². The summed E-state index contributed by atoms with van der Waals surface area (Å²) in [7, 11) is 0. The minimum atomic E-state index is -0.589. The molecular weight excluding hydrogens is 254 g/mol. The number of hydrogen-bond donors (Lipinski definition) is 0. The summed E-state index contributed by atoms with van der Waals surface area (Å²) in [5.74, 6) is 0.892. The molecule has 0 bridgehead atoms. The molecule has 1 aromatic heterocycles. The first-order chi connectivity index (χ1) is 9.47. The Balaban J connectivity index is 1.85. The Morgan fingerprint density at radius 3 is 2.70 bits per heavy atom. The van der Waals surface area contributed by atoms with Gasteiger partial charge < -0.3 is 9.47 Å². The van der Waals surface area contributed by atoms with Crippen LogP contribution in [0.3, 0.4) is 0 Å². The molecule has 1 aliphatic carbocycles. The lowest BCUT2D eigenvalue weighted by molar-refractivity contribution is 0.00933. The topological polar surface area (TPSA) is 48.4 Å². The number of pyridine rings is 1. The van der Waals surface area contributed by atoms with Crippen molar-refractivity contribution in [2.24, 2.45) is 5.92 Å². The number of esters is 1. The molecule has 1 aliphatic heterocycles. The van der Waals surface area contributed by atoms with E-state index in [1.165, 1.54) is 12.8 Å². The van der Waals surface area contributed by atoms with Crippen molar-refractivity contribution in [2.45, 2.75) is 58.2 Å². The van der Waals surface area contributed by atoms with Crippen LogP contribution in [0.1, 0.15) is 62.4 Å². The number of cyclic esters (lactones) is 1. The molecule has 108 valence electrons. The number of carbonyl (C=O) groups excluding carboxylic acids is 1. The van der Waals surface area contributed by atoms with Crippen LogP contribution in [-0.2, 0) is 10.3 Å². The number of carbonyl (C=O) groups is 1. The molecule has 0 N–H and O–H groups in total. The highest BCUT2D eigenvalue weighted by Gasteiger charge is 2.41. The average molecular weight is 275 g/mol. The maximum absolute atomic E-state index is 12.1. The van der Waals surface area contributed by atoms with E-state index < -0.39 is 5.60 Å². The molecule has 0 unspecified atom stereocenters. The second-order valence-electron chi connectivity index (χ2n) is 6.44. The van der Waals surface area contributed by atoms with Gasteiger partial charge in [-0.1, -0.05) is 6.92 Å². The summed E-state index contributed by atoms with van der Waals surface area (Å²) in [5, 5.41) is 0. The predicted molar refractivity (Wildman–Crippen MR) is 74.7 cm³/mol. The second-order valence-corrected chi connectivity index (χ2v) is 6.44. The van der Waals surface area contributed by atoms with Crippen LogP contribution in [0.4, 0.5) is 0 Å². The van der Waals surface area contributed by atoms with Crippen molar-refractivity contribution >= 4 is 5.97 Å². The number of ether oxygens (including phenoxy) is 2. The maximum atomic E-state index is 12.1. The van der Waals surface area contributed by atoms with Gasteiger partial charge in [0.15, 0.2) is 0 Å². The van der Waals surface area contributed by atoms with Crippen LogP contribution in [-0.4, -0.2) is 17.1 Å². The summed E-state index contributed by atoms with van der Waals surface area (Å²) >= 11 is 0. The minimum absolute atomic E-state index is 0.168. The molecule has 1 saturated carbocycles. The van der Waals surface area contributed by atoms with Crippen molar-refractivity contribution < 1.29 is 14.3 Å². The van der Waals surface area contributed by atoms with Crippen molar-refractivity contribution in [3.63, 3.8) is 0 Å². The summed E-state index contributed by atoms with van der Waals surface area (Å²) in [5.41, 5.74) is 0.793. The van der Waals surface area contributed by atoms with Crippen molar-refractivity contribution in [1.82, 2.24) is 4.98 Å². The van der Waals surface area contributed by atoms with Crippen LogP contribution >= 0.6 is 0 Å². The van der Waals surface area contributed by atoms with Gasteiger partial charge in [-0.3, -0.25) is 0 Å². The van der Waals surface area contributed by atoms with Crippen LogP contribution in [0, 0.1) is 5.92 Å².